The fraction of sp³-hybridized carbons (Fsp3) is 0.0500. The number of anilines is 1. The number of primary amides is 1. The summed E-state index contributed by atoms with van der Waals surface area (Å²) in [6.45, 7) is 0. The molecule has 4 aromatic rings. The van der Waals surface area contributed by atoms with Gasteiger partial charge in [0, 0.05) is 39.5 Å². The van der Waals surface area contributed by atoms with E-state index in [-0.39, 0.29) is 11.5 Å². The number of nitrogens with two attached hydrogens (primary N) is 1. The van der Waals surface area contributed by atoms with Crippen molar-refractivity contribution in [3.8, 4) is 11.1 Å². The Morgan fingerprint density at radius 3 is 2.63 bits per heavy atom. The number of nitrogens with one attached hydrogen (secondary N) is 2. The van der Waals surface area contributed by atoms with E-state index in [1.54, 1.807) is 24.4 Å². The van der Waals surface area contributed by atoms with Crippen molar-refractivity contribution in [3.05, 3.63) is 77.4 Å². The molecule has 4 N–H and O–H groups in total. The number of hydrogen-bond donors (Lipinski definition) is 3. The van der Waals surface area contributed by atoms with Crippen molar-refractivity contribution in [1.29, 1.82) is 0 Å². The number of amides is 1. The molecule has 2 aromatic carbocycles. The number of fused-ring (bicyclic) bond motifs is 2. The van der Waals surface area contributed by atoms with Crippen molar-refractivity contribution < 1.29 is 9.18 Å². The number of carbonyl (C=O) groups excluding carboxylic acids is 1. The minimum absolute atomic E-state index is 0.0896. The highest BCUT2D eigenvalue weighted by Gasteiger charge is 2.30. The van der Waals surface area contributed by atoms with E-state index in [1.165, 1.54) is 6.07 Å². The summed E-state index contributed by atoms with van der Waals surface area (Å²) in [6.07, 6.45) is 1.77. The third kappa shape index (κ3) is 2.21. The van der Waals surface area contributed by atoms with Crippen molar-refractivity contribution in [2.45, 2.75) is 6.04 Å². The van der Waals surface area contributed by atoms with E-state index < -0.39 is 11.9 Å². The number of aromatic amines is 1. The minimum atomic E-state index is -0.661. The van der Waals surface area contributed by atoms with Crippen LogP contribution < -0.4 is 11.1 Å². The standard InChI is InChI=1S/C20H14FN5O/c21-13-7-3-1-5-10(13)17-12-9-23-20-16(12)15(18(19(22)27)25-26-20)11-6-2-4-8-14(11)24-17/h1-9,17,24H,(H2,22,27)(H,23,26). The summed E-state index contributed by atoms with van der Waals surface area (Å²) in [7, 11) is 0. The van der Waals surface area contributed by atoms with E-state index in [0.29, 0.717) is 22.2 Å². The van der Waals surface area contributed by atoms with Crippen LogP contribution in [0, 0.1) is 5.82 Å². The van der Waals surface area contributed by atoms with Crippen LogP contribution in [-0.2, 0) is 0 Å². The Kier molecular flexibility index (Phi) is 3.24. The molecule has 1 unspecified atom stereocenters. The molecule has 1 atom stereocenters. The van der Waals surface area contributed by atoms with Gasteiger partial charge in [0.15, 0.2) is 11.3 Å². The van der Waals surface area contributed by atoms with Gasteiger partial charge in [-0.3, -0.25) is 4.79 Å². The Hall–Kier alpha value is -3.74. The lowest BCUT2D eigenvalue weighted by molar-refractivity contribution is 0.0995. The first-order valence-electron chi connectivity index (χ1n) is 8.43. The molecular weight excluding hydrogens is 345 g/mol. The van der Waals surface area contributed by atoms with E-state index in [0.717, 1.165) is 16.8 Å². The molecule has 5 rings (SSSR count). The van der Waals surface area contributed by atoms with Crippen LogP contribution >= 0.6 is 0 Å². The molecular formula is C20H14FN5O. The predicted octanol–water partition coefficient (Wildman–Crippen LogP) is 3.38. The Balaban J connectivity index is 1.92. The summed E-state index contributed by atoms with van der Waals surface area (Å²) in [5, 5.41) is 12.2. The van der Waals surface area contributed by atoms with Crippen molar-refractivity contribution >= 4 is 22.6 Å². The van der Waals surface area contributed by atoms with Gasteiger partial charge in [-0.2, -0.15) is 0 Å². The number of benzene rings is 2. The van der Waals surface area contributed by atoms with Crippen LogP contribution in [0.2, 0.25) is 0 Å². The van der Waals surface area contributed by atoms with E-state index in [2.05, 4.69) is 20.5 Å². The second kappa shape index (κ2) is 5.63. The zero-order valence-corrected chi connectivity index (χ0v) is 14.0. The second-order valence-corrected chi connectivity index (χ2v) is 6.40. The average molecular weight is 359 g/mol. The topological polar surface area (TPSA) is 96.7 Å². The predicted molar refractivity (Wildman–Crippen MR) is 99.7 cm³/mol. The van der Waals surface area contributed by atoms with Crippen molar-refractivity contribution in [3.63, 3.8) is 0 Å². The minimum Gasteiger partial charge on any atom is -0.373 e. The van der Waals surface area contributed by atoms with Crippen LogP contribution in [0.25, 0.3) is 22.2 Å². The van der Waals surface area contributed by atoms with Crippen LogP contribution in [0.5, 0.6) is 0 Å². The van der Waals surface area contributed by atoms with Gasteiger partial charge in [-0.1, -0.05) is 36.4 Å². The molecule has 27 heavy (non-hydrogen) atoms. The van der Waals surface area contributed by atoms with Gasteiger partial charge in [0.2, 0.25) is 0 Å². The zero-order chi connectivity index (χ0) is 18.5. The number of para-hydroxylation sites is 1. The third-order valence-electron chi connectivity index (χ3n) is 4.88. The smallest absolute Gasteiger partial charge is 0.269 e. The lowest BCUT2D eigenvalue weighted by Crippen LogP contribution is -2.15. The first-order valence-corrected chi connectivity index (χ1v) is 8.43. The molecule has 0 saturated carbocycles. The maximum absolute atomic E-state index is 14.6. The zero-order valence-electron chi connectivity index (χ0n) is 14.0. The van der Waals surface area contributed by atoms with Crippen LogP contribution in [0.1, 0.15) is 27.7 Å². The molecule has 1 aliphatic heterocycles. The number of H-pyrrole nitrogens is 1. The molecule has 0 saturated heterocycles. The van der Waals surface area contributed by atoms with Gasteiger partial charge in [-0.15, -0.1) is 10.2 Å². The highest BCUT2D eigenvalue weighted by Crippen LogP contribution is 2.44. The van der Waals surface area contributed by atoms with Crippen molar-refractivity contribution in [2.24, 2.45) is 5.73 Å². The van der Waals surface area contributed by atoms with Crippen LogP contribution in [0.3, 0.4) is 0 Å². The summed E-state index contributed by atoms with van der Waals surface area (Å²) in [5.74, 6) is -0.979. The van der Waals surface area contributed by atoms with Crippen molar-refractivity contribution in [2.75, 3.05) is 5.32 Å². The maximum atomic E-state index is 14.6. The molecule has 0 aliphatic carbocycles. The Labute approximate surface area is 153 Å². The molecule has 1 amide bonds. The largest absolute Gasteiger partial charge is 0.373 e. The fourth-order valence-electron chi connectivity index (χ4n) is 3.71. The summed E-state index contributed by atoms with van der Waals surface area (Å²) < 4.78 is 14.6. The maximum Gasteiger partial charge on any atom is 0.269 e. The molecule has 132 valence electrons. The molecule has 0 spiro atoms. The van der Waals surface area contributed by atoms with Gasteiger partial charge in [0.25, 0.3) is 5.91 Å². The molecule has 2 aromatic heterocycles. The molecule has 0 radical (unpaired) electrons. The van der Waals surface area contributed by atoms with E-state index in [9.17, 15) is 9.18 Å². The average Bonchev–Trinajstić information content (AvgIpc) is 3.04. The molecule has 6 nitrogen and oxygen atoms in total. The van der Waals surface area contributed by atoms with Crippen LogP contribution in [-0.4, -0.2) is 21.1 Å². The van der Waals surface area contributed by atoms with Gasteiger partial charge >= 0.3 is 0 Å². The first-order chi connectivity index (χ1) is 13.1. The molecule has 1 aliphatic rings. The highest BCUT2D eigenvalue weighted by molar-refractivity contribution is 6.10. The highest BCUT2D eigenvalue weighted by atomic mass is 19.1. The molecule has 0 bridgehead atoms. The SMILES string of the molecule is NC(=O)c1nnc2[nH]cc3c2c1-c1ccccc1NC3c1ccccc1F. The monoisotopic (exact) mass is 359 g/mol. The molecule has 0 fully saturated rings. The van der Waals surface area contributed by atoms with Gasteiger partial charge in [-0.25, -0.2) is 4.39 Å². The normalized spacial score (nSPS) is 15.1. The second-order valence-electron chi connectivity index (χ2n) is 6.40. The summed E-state index contributed by atoms with van der Waals surface area (Å²) in [6, 6.07) is 13.7. The third-order valence-corrected chi connectivity index (χ3v) is 4.88. The van der Waals surface area contributed by atoms with E-state index in [4.69, 9.17) is 5.73 Å². The van der Waals surface area contributed by atoms with Gasteiger partial charge in [-0.05, 0) is 12.1 Å². The number of nitrogens with zero attached hydrogens (tertiary/aromatic N) is 2. The number of halogens is 1. The summed E-state index contributed by atoms with van der Waals surface area (Å²) in [4.78, 5) is 15.1. The quantitative estimate of drug-likeness (QED) is 0.511. The van der Waals surface area contributed by atoms with E-state index in [1.807, 2.05) is 24.3 Å². The summed E-state index contributed by atoms with van der Waals surface area (Å²) in [5.41, 5.74) is 9.59. The number of carbonyl (C=O) groups is 1. The van der Waals surface area contributed by atoms with Gasteiger partial charge < -0.3 is 16.0 Å². The Morgan fingerprint density at radius 1 is 1.04 bits per heavy atom. The van der Waals surface area contributed by atoms with Gasteiger partial charge in [0.05, 0.1) is 6.04 Å². The fourth-order valence-corrected chi connectivity index (χ4v) is 3.71. The Bertz CT molecular complexity index is 1220. The Morgan fingerprint density at radius 2 is 1.81 bits per heavy atom. The van der Waals surface area contributed by atoms with Gasteiger partial charge in [0.1, 0.15) is 5.82 Å². The summed E-state index contributed by atoms with van der Waals surface area (Å²) >= 11 is 0. The lowest BCUT2D eigenvalue weighted by Gasteiger charge is -2.20. The molecule has 3 heterocycles. The first kappa shape index (κ1) is 15.5. The van der Waals surface area contributed by atoms with E-state index >= 15 is 0 Å². The number of rotatable bonds is 2. The van der Waals surface area contributed by atoms with Crippen LogP contribution in [0.4, 0.5) is 10.1 Å². The van der Waals surface area contributed by atoms with Crippen LogP contribution in [0.15, 0.2) is 54.7 Å². The molecule has 7 heteroatoms. The number of hydrogen-bond acceptors (Lipinski definition) is 4. The number of aromatic nitrogens is 3. The van der Waals surface area contributed by atoms with Crippen molar-refractivity contribution in [1.82, 2.24) is 15.2 Å². The lowest BCUT2D eigenvalue weighted by atomic mass is 9.95.